The Morgan fingerprint density at radius 3 is 2.76 bits per heavy atom. The topological polar surface area (TPSA) is 29.9 Å². The van der Waals surface area contributed by atoms with E-state index in [1.54, 1.807) is 11.1 Å². The van der Waals surface area contributed by atoms with E-state index < -0.39 is 0 Å². The molecule has 0 bridgehead atoms. The quantitative estimate of drug-likeness (QED) is 0.905. The molecule has 2 aromatic heterocycles. The molecule has 0 spiro atoms. The Kier molecular flexibility index (Phi) is 4.38. The van der Waals surface area contributed by atoms with Crippen LogP contribution in [-0.4, -0.2) is 16.8 Å². The monoisotopic (exact) mass is 323 g/mol. The number of hydrogen-bond donors (Lipinski definition) is 1. The van der Waals surface area contributed by atoms with Crippen LogP contribution in [0.5, 0.6) is 0 Å². The Bertz CT molecular complexity index is 606. The van der Waals surface area contributed by atoms with Gasteiger partial charge in [-0.3, -0.25) is 4.68 Å². The molecule has 3 rings (SSSR count). The van der Waals surface area contributed by atoms with Crippen LogP contribution in [0.2, 0.25) is 5.02 Å². The van der Waals surface area contributed by atoms with Crippen LogP contribution >= 0.6 is 22.9 Å². The van der Waals surface area contributed by atoms with Gasteiger partial charge in [-0.1, -0.05) is 11.6 Å². The number of nitrogens with zero attached hydrogens (tertiary/aromatic N) is 2. The second-order valence-electron chi connectivity index (χ2n) is 5.94. The fourth-order valence-corrected chi connectivity index (χ4v) is 4.71. The molecule has 2 heterocycles. The van der Waals surface area contributed by atoms with Crippen molar-refractivity contribution in [2.75, 3.05) is 7.05 Å². The fourth-order valence-electron chi connectivity index (χ4n) is 3.10. The van der Waals surface area contributed by atoms with Crippen LogP contribution in [0.3, 0.4) is 0 Å². The molecule has 2 aromatic rings. The normalized spacial score (nSPS) is 16.2. The summed E-state index contributed by atoms with van der Waals surface area (Å²) in [7, 11) is 2.00. The molecule has 21 heavy (non-hydrogen) atoms. The molecule has 0 radical (unpaired) electrons. The van der Waals surface area contributed by atoms with Crippen molar-refractivity contribution in [3.8, 4) is 0 Å². The molecule has 0 saturated carbocycles. The van der Waals surface area contributed by atoms with Gasteiger partial charge in [0.15, 0.2) is 0 Å². The molecule has 0 aromatic carbocycles. The maximum atomic E-state index is 6.42. The van der Waals surface area contributed by atoms with E-state index in [9.17, 15) is 0 Å². The SMILES string of the molecule is CNC(c1cc2c(s1)CCCC2)c1c(Cl)cnn1C(C)C. The van der Waals surface area contributed by atoms with Crippen LogP contribution in [0, 0.1) is 0 Å². The average Bonchev–Trinajstić information content (AvgIpc) is 3.04. The lowest BCUT2D eigenvalue weighted by Crippen LogP contribution is -2.22. The number of fused-ring (bicyclic) bond motifs is 1. The summed E-state index contributed by atoms with van der Waals surface area (Å²) >= 11 is 8.35. The van der Waals surface area contributed by atoms with E-state index in [2.05, 4.69) is 30.3 Å². The molecule has 114 valence electrons. The van der Waals surface area contributed by atoms with Gasteiger partial charge in [-0.25, -0.2) is 0 Å². The molecule has 1 unspecified atom stereocenters. The minimum atomic E-state index is 0.123. The van der Waals surface area contributed by atoms with Gasteiger partial charge in [-0.2, -0.15) is 5.10 Å². The number of aromatic nitrogens is 2. The number of rotatable bonds is 4. The highest BCUT2D eigenvalue weighted by Gasteiger charge is 2.25. The van der Waals surface area contributed by atoms with E-state index in [0.717, 1.165) is 10.7 Å². The first-order valence-corrected chi connectivity index (χ1v) is 8.83. The van der Waals surface area contributed by atoms with Crippen LogP contribution in [-0.2, 0) is 12.8 Å². The summed E-state index contributed by atoms with van der Waals surface area (Å²) in [5.74, 6) is 0. The Labute approximate surface area is 135 Å². The van der Waals surface area contributed by atoms with E-state index in [4.69, 9.17) is 11.6 Å². The van der Waals surface area contributed by atoms with Crippen molar-refractivity contribution in [2.24, 2.45) is 0 Å². The maximum Gasteiger partial charge on any atom is 0.0855 e. The lowest BCUT2D eigenvalue weighted by atomic mass is 9.98. The van der Waals surface area contributed by atoms with E-state index in [0.29, 0.717) is 6.04 Å². The summed E-state index contributed by atoms with van der Waals surface area (Å²) in [5.41, 5.74) is 2.61. The third kappa shape index (κ3) is 2.77. The van der Waals surface area contributed by atoms with Crippen molar-refractivity contribution in [1.82, 2.24) is 15.1 Å². The molecular weight excluding hydrogens is 302 g/mol. The molecule has 5 heteroatoms. The van der Waals surface area contributed by atoms with Gasteiger partial charge in [-0.15, -0.1) is 11.3 Å². The highest BCUT2D eigenvalue weighted by molar-refractivity contribution is 7.12. The van der Waals surface area contributed by atoms with Gasteiger partial charge in [-0.05, 0) is 58.2 Å². The predicted octanol–water partition coefficient (Wildman–Crippen LogP) is 4.37. The Morgan fingerprint density at radius 1 is 1.33 bits per heavy atom. The molecule has 1 atom stereocenters. The molecule has 1 aliphatic carbocycles. The van der Waals surface area contributed by atoms with Crippen molar-refractivity contribution in [2.45, 2.75) is 51.6 Å². The Hall–Kier alpha value is -0.840. The lowest BCUT2D eigenvalue weighted by molar-refractivity contribution is 0.486. The van der Waals surface area contributed by atoms with Crippen LogP contribution in [0.1, 0.15) is 59.8 Å². The lowest BCUT2D eigenvalue weighted by Gasteiger charge is -2.19. The summed E-state index contributed by atoms with van der Waals surface area (Å²) < 4.78 is 2.03. The summed E-state index contributed by atoms with van der Waals surface area (Å²) in [6.45, 7) is 4.28. The van der Waals surface area contributed by atoms with Gasteiger partial charge >= 0.3 is 0 Å². The third-order valence-electron chi connectivity index (χ3n) is 4.14. The minimum absolute atomic E-state index is 0.123. The van der Waals surface area contributed by atoms with Gasteiger partial charge in [0.05, 0.1) is 23.0 Å². The molecule has 0 fully saturated rings. The van der Waals surface area contributed by atoms with Crippen LogP contribution < -0.4 is 5.32 Å². The predicted molar refractivity (Wildman–Crippen MR) is 89.5 cm³/mol. The second-order valence-corrected chi connectivity index (χ2v) is 7.52. The van der Waals surface area contributed by atoms with E-state index in [1.807, 2.05) is 23.1 Å². The van der Waals surface area contributed by atoms with Crippen LogP contribution in [0.25, 0.3) is 0 Å². The van der Waals surface area contributed by atoms with Gasteiger partial charge in [0.25, 0.3) is 0 Å². The van der Waals surface area contributed by atoms with Gasteiger partial charge in [0.1, 0.15) is 0 Å². The first-order chi connectivity index (χ1) is 10.1. The molecule has 0 amide bonds. The van der Waals surface area contributed by atoms with Crippen LogP contribution in [0.15, 0.2) is 12.3 Å². The third-order valence-corrected chi connectivity index (χ3v) is 5.73. The number of thiophene rings is 1. The molecule has 3 nitrogen and oxygen atoms in total. The number of aryl methyl sites for hydroxylation is 2. The Morgan fingerprint density at radius 2 is 2.10 bits per heavy atom. The number of halogens is 1. The smallest absolute Gasteiger partial charge is 0.0855 e. The first kappa shape index (κ1) is 15.1. The van der Waals surface area contributed by atoms with Crippen molar-refractivity contribution in [3.63, 3.8) is 0 Å². The van der Waals surface area contributed by atoms with Crippen molar-refractivity contribution in [1.29, 1.82) is 0 Å². The maximum absolute atomic E-state index is 6.42. The Balaban J connectivity index is 2.02. The van der Waals surface area contributed by atoms with E-state index in [1.165, 1.54) is 36.1 Å². The largest absolute Gasteiger partial charge is 0.307 e. The number of hydrogen-bond acceptors (Lipinski definition) is 3. The summed E-state index contributed by atoms with van der Waals surface area (Å²) in [5, 5.41) is 8.62. The molecule has 0 aliphatic heterocycles. The van der Waals surface area contributed by atoms with Gasteiger partial charge in [0, 0.05) is 15.8 Å². The zero-order chi connectivity index (χ0) is 15.0. The molecule has 1 N–H and O–H groups in total. The van der Waals surface area contributed by atoms with Crippen molar-refractivity contribution < 1.29 is 0 Å². The fraction of sp³-hybridized carbons (Fsp3) is 0.562. The standard InChI is InChI=1S/C16H22ClN3S/c1-10(2)20-16(12(17)9-19-20)15(18-3)14-8-11-6-4-5-7-13(11)21-14/h8-10,15,18H,4-7H2,1-3H3. The first-order valence-electron chi connectivity index (χ1n) is 7.63. The van der Waals surface area contributed by atoms with Gasteiger partial charge in [0.2, 0.25) is 0 Å². The van der Waals surface area contributed by atoms with Crippen molar-refractivity contribution >= 4 is 22.9 Å². The second kappa shape index (κ2) is 6.11. The summed E-state index contributed by atoms with van der Waals surface area (Å²) in [6.07, 6.45) is 6.85. The van der Waals surface area contributed by atoms with E-state index >= 15 is 0 Å². The number of nitrogens with one attached hydrogen (secondary N) is 1. The molecule has 0 saturated heterocycles. The molecule has 1 aliphatic rings. The summed E-state index contributed by atoms with van der Waals surface area (Å²) in [6, 6.07) is 2.80. The molecular formula is C16H22ClN3S. The zero-order valence-corrected chi connectivity index (χ0v) is 14.4. The van der Waals surface area contributed by atoms with Crippen molar-refractivity contribution in [3.05, 3.63) is 38.3 Å². The minimum Gasteiger partial charge on any atom is -0.307 e. The van der Waals surface area contributed by atoms with E-state index in [-0.39, 0.29) is 6.04 Å². The van der Waals surface area contributed by atoms with Gasteiger partial charge < -0.3 is 5.32 Å². The highest BCUT2D eigenvalue weighted by atomic mass is 35.5. The van der Waals surface area contributed by atoms with Crippen LogP contribution in [0.4, 0.5) is 0 Å². The summed E-state index contributed by atoms with van der Waals surface area (Å²) in [4.78, 5) is 2.91. The highest BCUT2D eigenvalue weighted by Crippen LogP contribution is 2.37. The zero-order valence-electron chi connectivity index (χ0n) is 12.8. The average molecular weight is 324 g/mol.